The van der Waals surface area contributed by atoms with Crippen molar-refractivity contribution in [2.24, 2.45) is 0 Å². The molecule has 0 saturated carbocycles. The highest BCUT2D eigenvalue weighted by Crippen LogP contribution is 2.34. The molecular formula is C21H21NO6. The van der Waals surface area contributed by atoms with Gasteiger partial charge in [-0.25, -0.2) is 4.79 Å². The maximum atomic E-state index is 12.2. The average Bonchev–Trinajstić information content (AvgIpc) is 3.34. The first-order chi connectivity index (χ1) is 13.6. The zero-order chi connectivity index (χ0) is 19.5. The van der Waals surface area contributed by atoms with Crippen molar-refractivity contribution in [2.75, 3.05) is 18.7 Å². The van der Waals surface area contributed by atoms with Crippen molar-refractivity contribution >= 4 is 17.6 Å². The van der Waals surface area contributed by atoms with E-state index >= 15 is 0 Å². The average molecular weight is 383 g/mol. The summed E-state index contributed by atoms with van der Waals surface area (Å²) in [5, 5.41) is 2.69. The number of hydrogen-bond acceptors (Lipinski definition) is 6. The van der Waals surface area contributed by atoms with Gasteiger partial charge < -0.3 is 24.3 Å². The molecular weight excluding hydrogens is 362 g/mol. The van der Waals surface area contributed by atoms with Gasteiger partial charge in [-0.2, -0.15) is 0 Å². The molecule has 146 valence electrons. The molecule has 0 radical (unpaired) electrons. The summed E-state index contributed by atoms with van der Waals surface area (Å²) in [5.74, 6) is 0.778. The second-order valence-corrected chi connectivity index (χ2v) is 6.76. The fourth-order valence-electron chi connectivity index (χ4n) is 3.28. The molecule has 2 aromatic rings. The second kappa shape index (κ2) is 7.80. The monoisotopic (exact) mass is 383 g/mol. The lowest BCUT2D eigenvalue weighted by molar-refractivity contribution is -0.155. The lowest BCUT2D eigenvalue weighted by atomic mass is 10.1. The van der Waals surface area contributed by atoms with Crippen LogP contribution in [-0.2, 0) is 27.2 Å². The molecule has 1 aliphatic carbocycles. The van der Waals surface area contributed by atoms with Crippen molar-refractivity contribution in [1.82, 2.24) is 0 Å². The SMILES string of the molecule is CC(OC(=O)COc1ccc2c(c1)CCC2)C(=O)Nc1ccc2c(c1)OCO2. The molecule has 28 heavy (non-hydrogen) atoms. The number of carbonyl (C=O) groups excluding carboxylic acids is 2. The Morgan fingerprint density at radius 1 is 1.07 bits per heavy atom. The van der Waals surface area contributed by atoms with Crippen LogP contribution in [0.3, 0.4) is 0 Å². The van der Waals surface area contributed by atoms with Crippen molar-refractivity contribution in [3.63, 3.8) is 0 Å². The zero-order valence-electron chi connectivity index (χ0n) is 15.5. The maximum Gasteiger partial charge on any atom is 0.344 e. The van der Waals surface area contributed by atoms with E-state index in [2.05, 4.69) is 5.32 Å². The summed E-state index contributed by atoms with van der Waals surface area (Å²) in [7, 11) is 0. The molecule has 2 aliphatic rings. The van der Waals surface area contributed by atoms with E-state index in [0.717, 1.165) is 19.3 Å². The summed E-state index contributed by atoms with van der Waals surface area (Å²) in [6.45, 7) is 1.42. The van der Waals surface area contributed by atoms with Crippen LogP contribution >= 0.6 is 0 Å². The van der Waals surface area contributed by atoms with Crippen LogP contribution in [0.15, 0.2) is 36.4 Å². The van der Waals surface area contributed by atoms with Gasteiger partial charge >= 0.3 is 5.97 Å². The fraction of sp³-hybridized carbons (Fsp3) is 0.333. The van der Waals surface area contributed by atoms with Crippen LogP contribution in [0.4, 0.5) is 5.69 Å². The van der Waals surface area contributed by atoms with E-state index in [-0.39, 0.29) is 13.4 Å². The number of hydrogen-bond donors (Lipinski definition) is 1. The quantitative estimate of drug-likeness (QED) is 0.773. The second-order valence-electron chi connectivity index (χ2n) is 6.76. The van der Waals surface area contributed by atoms with Crippen molar-refractivity contribution in [3.8, 4) is 17.2 Å². The fourth-order valence-corrected chi connectivity index (χ4v) is 3.28. The highest BCUT2D eigenvalue weighted by molar-refractivity contribution is 5.95. The van der Waals surface area contributed by atoms with Crippen molar-refractivity contribution in [2.45, 2.75) is 32.3 Å². The van der Waals surface area contributed by atoms with Gasteiger partial charge in [0.2, 0.25) is 6.79 Å². The van der Waals surface area contributed by atoms with Crippen molar-refractivity contribution in [3.05, 3.63) is 47.5 Å². The minimum absolute atomic E-state index is 0.158. The Hall–Kier alpha value is -3.22. The van der Waals surface area contributed by atoms with Crippen LogP contribution in [0.2, 0.25) is 0 Å². The van der Waals surface area contributed by atoms with Crippen LogP contribution in [0.1, 0.15) is 24.5 Å². The van der Waals surface area contributed by atoms with Gasteiger partial charge in [-0.05, 0) is 61.6 Å². The Morgan fingerprint density at radius 3 is 2.79 bits per heavy atom. The van der Waals surface area contributed by atoms with Crippen LogP contribution in [0.25, 0.3) is 0 Å². The van der Waals surface area contributed by atoms with Gasteiger partial charge in [0.05, 0.1) is 0 Å². The normalized spacial score (nSPS) is 14.9. The minimum Gasteiger partial charge on any atom is -0.482 e. The van der Waals surface area contributed by atoms with E-state index in [4.69, 9.17) is 18.9 Å². The van der Waals surface area contributed by atoms with E-state index in [0.29, 0.717) is 22.9 Å². The Balaban J connectivity index is 1.26. The molecule has 0 bridgehead atoms. The lowest BCUT2D eigenvalue weighted by Gasteiger charge is -2.14. The molecule has 0 fully saturated rings. The van der Waals surface area contributed by atoms with Crippen LogP contribution < -0.4 is 19.5 Å². The molecule has 0 aromatic heterocycles. The van der Waals surface area contributed by atoms with Crippen LogP contribution in [0, 0.1) is 0 Å². The Kier molecular flexibility index (Phi) is 5.06. The summed E-state index contributed by atoms with van der Waals surface area (Å²) in [4.78, 5) is 24.3. The number of ether oxygens (including phenoxy) is 4. The van der Waals surface area contributed by atoms with Crippen molar-refractivity contribution in [1.29, 1.82) is 0 Å². The van der Waals surface area contributed by atoms with Gasteiger partial charge in [0, 0.05) is 11.8 Å². The topological polar surface area (TPSA) is 83.1 Å². The number of amides is 1. The molecule has 0 saturated heterocycles. The summed E-state index contributed by atoms with van der Waals surface area (Å²) in [6, 6.07) is 10.9. The van der Waals surface area contributed by atoms with Gasteiger partial charge in [-0.3, -0.25) is 4.79 Å². The first-order valence-electron chi connectivity index (χ1n) is 9.23. The number of carbonyl (C=O) groups is 2. The largest absolute Gasteiger partial charge is 0.482 e. The molecule has 1 aliphatic heterocycles. The minimum atomic E-state index is -0.957. The van der Waals surface area contributed by atoms with E-state index in [9.17, 15) is 9.59 Å². The molecule has 1 amide bonds. The first-order valence-corrected chi connectivity index (χ1v) is 9.23. The summed E-state index contributed by atoms with van der Waals surface area (Å²) in [6.07, 6.45) is 2.32. The third-order valence-corrected chi connectivity index (χ3v) is 4.74. The summed E-state index contributed by atoms with van der Waals surface area (Å²) >= 11 is 0. The van der Waals surface area contributed by atoms with Crippen LogP contribution in [0.5, 0.6) is 17.2 Å². The summed E-state index contributed by atoms with van der Waals surface area (Å²) < 4.78 is 21.2. The van der Waals surface area contributed by atoms with E-state index in [1.165, 1.54) is 18.1 Å². The molecule has 1 heterocycles. The molecule has 4 rings (SSSR count). The van der Waals surface area contributed by atoms with Gasteiger partial charge in [0.1, 0.15) is 5.75 Å². The van der Waals surface area contributed by atoms with Gasteiger partial charge in [0.25, 0.3) is 5.91 Å². The standard InChI is InChI=1S/C21H21NO6/c1-13(21(24)22-16-6-8-18-19(10-16)27-12-26-18)28-20(23)11-25-17-7-5-14-3-2-4-15(14)9-17/h5-10,13H,2-4,11-12H2,1H3,(H,22,24). The van der Waals surface area contributed by atoms with E-state index in [1.54, 1.807) is 18.2 Å². The smallest absolute Gasteiger partial charge is 0.344 e. The predicted octanol–water partition coefficient (Wildman–Crippen LogP) is 2.85. The lowest BCUT2D eigenvalue weighted by Crippen LogP contribution is -2.31. The number of nitrogens with one attached hydrogen (secondary N) is 1. The third-order valence-electron chi connectivity index (χ3n) is 4.74. The highest BCUT2D eigenvalue weighted by atomic mass is 16.7. The molecule has 7 nitrogen and oxygen atoms in total. The Morgan fingerprint density at radius 2 is 1.89 bits per heavy atom. The number of rotatable bonds is 6. The molecule has 1 N–H and O–H groups in total. The highest BCUT2D eigenvalue weighted by Gasteiger charge is 2.20. The number of anilines is 1. The number of fused-ring (bicyclic) bond motifs is 2. The van der Waals surface area contributed by atoms with Crippen molar-refractivity contribution < 1.29 is 28.5 Å². The van der Waals surface area contributed by atoms with Gasteiger partial charge in [-0.1, -0.05) is 6.07 Å². The molecule has 1 unspecified atom stereocenters. The third kappa shape index (κ3) is 4.03. The first kappa shape index (κ1) is 18.2. The molecule has 7 heteroatoms. The molecule has 2 aromatic carbocycles. The zero-order valence-corrected chi connectivity index (χ0v) is 15.5. The number of aryl methyl sites for hydroxylation is 2. The molecule has 0 spiro atoms. The number of benzene rings is 2. The van der Waals surface area contributed by atoms with E-state index in [1.807, 2.05) is 18.2 Å². The van der Waals surface area contributed by atoms with E-state index < -0.39 is 18.0 Å². The predicted molar refractivity (Wildman–Crippen MR) is 101 cm³/mol. The maximum absolute atomic E-state index is 12.2. The summed E-state index contributed by atoms with van der Waals surface area (Å²) in [5.41, 5.74) is 3.14. The molecule has 1 atom stereocenters. The Labute approximate surface area is 162 Å². The Bertz CT molecular complexity index is 910. The van der Waals surface area contributed by atoms with Crippen LogP contribution in [-0.4, -0.2) is 31.4 Å². The van der Waals surface area contributed by atoms with Gasteiger partial charge in [-0.15, -0.1) is 0 Å². The number of esters is 1. The van der Waals surface area contributed by atoms with Gasteiger partial charge in [0.15, 0.2) is 24.2 Å².